The normalized spacial score (nSPS) is 9.96. The van der Waals surface area contributed by atoms with Crippen LogP contribution in [0.25, 0.3) is 0 Å². The van der Waals surface area contributed by atoms with Crippen molar-refractivity contribution in [3.63, 3.8) is 0 Å². The van der Waals surface area contributed by atoms with Gasteiger partial charge in [-0.25, -0.2) is 4.79 Å². The van der Waals surface area contributed by atoms with Crippen LogP contribution in [0.5, 0.6) is 17.2 Å². The molecule has 0 radical (unpaired) electrons. The third kappa shape index (κ3) is 3.80. The first-order valence-electron chi connectivity index (χ1n) is 6.47. The molecular formula is C15H16O8. The van der Waals surface area contributed by atoms with E-state index in [1.807, 2.05) is 0 Å². The van der Waals surface area contributed by atoms with Crippen LogP contribution in [-0.2, 0) is 11.2 Å². The summed E-state index contributed by atoms with van der Waals surface area (Å²) >= 11 is 0. The molecule has 0 bridgehead atoms. The topological polar surface area (TPSA) is 149 Å². The highest BCUT2D eigenvalue weighted by Crippen LogP contribution is 2.37. The minimum atomic E-state index is -0.766. The fourth-order valence-corrected chi connectivity index (χ4v) is 1.83. The van der Waals surface area contributed by atoms with E-state index in [1.54, 1.807) is 6.92 Å². The van der Waals surface area contributed by atoms with Crippen molar-refractivity contribution in [3.8, 4) is 17.2 Å². The number of furan rings is 1. The van der Waals surface area contributed by atoms with Gasteiger partial charge in [0.05, 0.1) is 18.6 Å². The van der Waals surface area contributed by atoms with Crippen molar-refractivity contribution < 1.29 is 39.5 Å². The maximum absolute atomic E-state index is 12.1. The molecule has 2 aromatic rings. The highest BCUT2D eigenvalue weighted by Gasteiger charge is 2.19. The van der Waals surface area contributed by atoms with Crippen LogP contribution in [-0.4, -0.2) is 39.2 Å². The van der Waals surface area contributed by atoms with E-state index in [-0.39, 0.29) is 35.6 Å². The first-order chi connectivity index (χ1) is 10.4. The van der Waals surface area contributed by atoms with E-state index in [1.165, 1.54) is 18.2 Å². The van der Waals surface area contributed by atoms with E-state index < -0.39 is 29.0 Å². The maximum atomic E-state index is 12.1. The molecule has 0 saturated carbocycles. The molecule has 5 N–H and O–H groups in total. The van der Waals surface area contributed by atoms with Gasteiger partial charge in [-0.3, -0.25) is 4.79 Å². The van der Waals surface area contributed by atoms with Gasteiger partial charge in [0.15, 0.2) is 17.3 Å². The maximum Gasteiger partial charge on any atom is 0.374 e. The third-order valence-electron chi connectivity index (χ3n) is 2.90. The number of phenolic OH excluding ortho intramolecular Hbond substituents is 3. The molecule has 0 fully saturated rings. The van der Waals surface area contributed by atoms with Gasteiger partial charge in [0.2, 0.25) is 11.5 Å². The number of ketones is 1. The third-order valence-corrected chi connectivity index (χ3v) is 2.90. The number of hydrogen-bond acceptors (Lipinski definition) is 7. The number of esters is 1. The Kier molecular flexibility index (Phi) is 5.74. The van der Waals surface area contributed by atoms with E-state index in [4.69, 9.17) is 9.15 Å². The standard InChI is InChI=1S/C15H14O7.H2O/c1-2-21-15(20)12-6-3-8(22-12)7-11(17)9-4-5-10(16)14(19)13(9)18;/h3-6,16,18-19H,2,7H2,1H3;1H2. The van der Waals surface area contributed by atoms with Crippen LogP contribution in [0.3, 0.4) is 0 Å². The molecule has 0 atom stereocenters. The zero-order valence-corrected chi connectivity index (χ0v) is 12.2. The van der Waals surface area contributed by atoms with Gasteiger partial charge in [-0.05, 0) is 31.2 Å². The van der Waals surface area contributed by atoms with Crippen LogP contribution in [0.1, 0.15) is 33.6 Å². The van der Waals surface area contributed by atoms with E-state index >= 15 is 0 Å². The van der Waals surface area contributed by atoms with Gasteiger partial charge in [-0.1, -0.05) is 0 Å². The molecule has 0 aliphatic carbocycles. The number of benzene rings is 1. The molecule has 2 rings (SSSR count). The highest BCUT2D eigenvalue weighted by molar-refractivity contribution is 6.00. The summed E-state index contributed by atoms with van der Waals surface area (Å²) < 4.78 is 9.96. The lowest BCUT2D eigenvalue weighted by molar-refractivity contribution is 0.0487. The molecular weight excluding hydrogens is 308 g/mol. The smallest absolute Gasteiger partial charge is 0.374 e. The average molecular weight is 324 g/mol. The predicted octanol–water partition coefficient (Wildman–Crippen LogP) is 1.17. The summed E-state index contributed by atoms with van der Waals surface area (Å²) in [6.45, 7) is 1.86. The summed E-state index contributed by atoms with van der Waals surface area (Å²) in [5.74, 6) is -3.00. The quantitative estimate of drug-likeness (QED) is 0.424. The predicted molar refractivity (Wildman–Crippen MR) is 77.7 cm³/mol. The van der Waals surface area contributed by atoms with Crippen molar-refractivity contribution in [3.05, 3.63) is 41.3 Å². The zero-order valence-electron chi connectivity index (χ0n) is 12.2. The monoisotopic (exact) mass is 324 g/mol. The Hall–Kier alpha value is -3.00. The number of hydrogen-bond donors (Lipinski definition) is 3. The van der Waals surface area contributed by atoms with Gasteiger partial charge in [-0.15, -0.1) is 0 Å². The molecule has 1 heterocycles. The van der Waals surface area contributed by atoms with Crippen LogP contribution < -0.4 is 0 Å². The Morgan fingerprint density at radius 2 is 1.78 bits per heavy atom. The van der Waals surface area contributed by atoms with E-state index in [0.717, 1.165) is 6.07 Å². The molecule has 124 valence electrons. The van der Waals surface area contributed by atoms with Crippen molar-refractivity contribution >= 4 is 11.8 Å². The lowest BCUT2D eigenvalue weighted by Crippen LogP contribution is -2.04. The lowest BCUT2D eigenvalue weighted by atomic mass is 10.1. The molecule has 8 heteroatoms. The van der Waals surface area contributed by atoms with Gasteiger partial charge >= 0.3 is 5.97 Å². The fourth-order valence-electron chi connectivity index (χ4n) is 1.83. The summed E-state index contributed by atoms with van der Waals surface area (Å²) in [4.78, 5) is 23.5. The Morgan fingerprint density at radius 3 is 2.43 bits per heavy atom. The number of rotatable bonds is 5. The molecule has 0 spiro atoms. The highest BCUT2D eigenvalue weighted by atomic mass is 16.5. The molecule has 0 aliphatic rings. The van der Waals surface area contributed by atoms with Crippen molar-refractivity contribution in [1.82, 2.24) is 0 Å². The first-order valence-corrected chi connectivity index (χ1v) is 6.47. The van der Waals surface area contributed by atoms with Crippen molar-refractivity contribution in [2.24, 2.45) is 0 Å². The molecule has 8 nitrogen and oxygen atoms in total. The van der Waals surface area contributed by atoms with E-state index in [2.05, 4.69) is 0 Å². The minimum absolute atomic E-state index is 0. The summed E-state index contributed by atoms with van der Waals surface area (Å²) in [6.07, 6.45) is -0.225. The molecule has 0 aliphatic heterocycles. The Labute approximate surface area is 130 Å². The summed E-state index contributed by atoms with van der Waals surface area (Å²) in [5.41, 5.74) is -0.163. The molecule has 0 unspecified atom stereocenters. The first kappa shape index (κ1) is 18.1. The molecule has 1 aromatic heterocycles. The second-order valence-corrected chi connectivity index (χ2v) is 4.42. The number of carbonyl (C=O) groups is 2. The Balaban J connectivity index is 0.00000264. The molecule has 0 amide bonds. The van der Waals surface area contributed by atoms with Crippen LogP contribution in [0, 0.1) is 0 Å². The number of ether oxygens (including phenoxy) is 1. The number of Topliss-reactive ketones (excluding diaryl/α,β-unsaturated/α-hetero) is 1. The number of phenols is 3. The van der Waals surface area contributed by atoms with Crippen molar-refractivity contribution in [2.45, 2.75) is 13.3 Å². The van der Waals surface area contributed by atoms with Gasteiger partial charge < -0.3 is 29.9 Å². The minimum Gasteiger partial charge on any atom is -0.504 e. The zero-order chi connectivity index (χ0) is 16.3. The van der Waals surface area contributed by atoms with Crippen LogP contribution in [0.15, 0.2) is 28.7 Å². The van der Waals surface area contributed by atoms with Gasteiger partial charge in [0.1, 0.15) is 5.76 Å². The summed E-state index contributed by atoms with van der Waals surface area (Å²) in [7, 11) is 0. The van der Waals surface area contributed by atoms with Crippen molar-refractivity contribution in [2.75, 3.05) is 6.61 Å². The van der Waals surface area contributed by atoms with Crippen LogP contribution in [0.4, 0.5) is 0 Å². The SMILES string of the molecule is CCOC(=O)c1ccc(CC(=O)c2ccc(O)c(O)c2O)o1.O. The van der Waals surface area contributed by atoms with Gasteiger partial charge in [0, 0.05) is 0 Å². The lowest BCUT2D eigenvalue weighted by Gasteiger charge is -2.06. The number of aromatic hydroxyl groups is 3. The second-order valence-electron chi connectivity index (χ2n) is 4.42. The molecule has 23 heavy (non-hydrogen) atoms. The largest absolute Gasteiger partial charge is 0.504 e. The molecule has 0 saturated heterocycles. The van der Waals surface area contributed by atoms with E-state index in [0.29, 0.717) is 0 Å². The summed E-state index contributed by atoms with van der Waals surface area (Å²) in [5, 5.41) is 28.3. The van der Waals surface area contributed by atoms with Gasteiger partial charge in [-0.2, -0.15) is 0 Å². The number of carbonyl (C=O) groups excluding carboxylic acids is 2. The average Bonchev–Trinajstić information content (AvgIpc) is 2.93. The summed E-state index contributed by atoms with van der Waals surface area (Å²) in [6, 6.07) is 5.10. The fraction of sp³-hybridized carbons (Fsp3) is 0.200. The van der Waals surface area contributed by atoms with Crippen molar-refractivity contribution in [1.29, 1.82) is 0 Å². The van der Waals surface area contributed by atoms with Crippen LogP contribution >= 0.6 is 0 Å². The Bertz CT molecular complexity index is 716. The van der Waals surface area contributed by atoms with Crippen LogP contribution in [0.2, 0.25) is 0 Å². The second kappa shape index (κ2) is 7.32. The molecule has 1 aromatic carbocycles. The Morgan fingerprint density at radius 1 is 1.09 bits per heavy atom. The van der Waals surface area contributed by atoms with Gasteiger partial charge in [0.25, 0.3) is 0 Å². The van der Waals surface area contributed by atoms with E-state index in [9.17, 15) is 24.9 Å².